The monoisotopic (exact) mass is 490 g/mol. The van der Waals surface area contributed by atoms with Crippen molar-refractivity contribution in [2.45, 2.75) is 58.8 Å². The van der Waals surface area contributed by atoms with Gasteiger partial charge < -0.3 is 19.9 Å². The van der Waals surface area contributed by atoms with Crippen molar-refractivity contribution in [2.75, 3.05) is 20.3 Å². The predicted octanol–water partition coefficient (Wildman–Crippen LogP) is 2.83. The van der Waals surface area contributed by atoms with Crippen LogP contribution in [0.5, 0.6) is 5.75 Å². The number of likely N-dealkylation sites (N-methyl/N-ethyl adjacent to an activating group) is 1. The lowest BCUT2D eigenvalue weighted by molar-refractivity contribution is 0.00854. The van der Waals surface area contributed by atoms with Crippen molar-refractivity contribution in [1.82, 2.24) is 19.8 Å². The number of halogens is 1. The number of amides is 2. The van der Waals surface area contributed by atoms with E-state index in [0.717, 1.165) is 0 Å². The molecule has 3 rings (SSSR count). The van der Waals surface area contributed by atoms with Crippen LogP contribution in [0, 0.1) is 12.7 Å². The number of aromatic hydroxyl groups is 1. The number of nitrogens with one attached hydrogen (secondary N) is 1. The van der Waals surface area contributed by atoms with E-state index in [1.165, 1.54) is 28.6 Å². The largest absolute Gasteiger partial charge is 0.501 e. The lowest BCUT2D eigenvalue weighted by Gasteiger charge is -2.30. The van der Waals surface area contributed by atoms with Crippen molar-refractivity contribution in [2.24, 2.45) is 0 Å². The summed E-state index contributed by atoms with van der Waals surface area (Å²) in [5.74, 6) is -1.88. The highest BCUT2D eigenvalue weighted by Gasteiger charge is 2.35. The summed E-state index contributed by atoms with van der Waals surface area (Å²) in [6.07, 6.45) is -0.660. The molecule has 0 saturated heterocycles. The second-order valence-corrected chi connectivity index (χ2v) is 9.60. The normalized spacial score (nSPS) is 17.8. The first-order valence-corrected chi connectivity index (χ1v) is 11.2. The van der Waals surface area contributed by atoms with Crippen molar-refractivity contribution in [3.8, 4) is 5.75 Å². The first-order valence-electron chi connectivity index (χ1n) is 11.2. The van der Waals surface area contributed by atoms with E-state index in [0.29, 0.717) is 11.1 Å². The molecule has 0 aliphatic carbocycles. The number of aryl methyl sites for hydroxylation is 1. The average molecular weight is 491 g/mol. The average Bonchev–Trinajstić information content (AvgIpc) is 2.93. The summed E-state index contributed by atoms with van der Waals surface area (Å²) >= 11 is 0. The number of benzene rings is 1. The molecule has 2 aromatic rings. The molecule has 1 aromatic carbocycles. The summed E-state index contributed by atoms with van der Waals surface area (Å²) < 4.78 is 25.8. The molecule has 10 nitrogen and oxygen atoms in total. The van der Waals surface area contributed by atoms with Crippen LogP contribution in [-0.4, -0.2) is 57.4 Å². The van der Waals surface area contributed by atoms with E-state index >= 15 is 0 Å². The van der Waals surface area contributed by atoms with E-state index in [4.69, 9.17) is 9.47 Å². The highest BCUT2D eigenvalue weighted by molar-refractivity contribution is 5.94. The smallest absolute Gasteiger partial charge is 0.410 e. The van der Waals surface area contributed by atoms with Gasteiger partial charge in [0, 0.05) is 13.6 Å². The molecule has 0 radical (unpaired) electrons. The Morgan fingerprint density at radius 1 is 1.34 bits per heavy atom. The van der Waals surface area contributed by atoms with Crippen LogP contribution in [0.15, 0.2) is 23.0 Å². The maximum absolute atomic E-state index is 13.5. The number of hydrogen-bond donors (Lipinski definition) is 2. The molecule has 0 bridgehead atoms. The minimum absolute atomic E-state index is 0.00716. The highest BCUT2D eigenvalue weighted by atomic mass is 19.1. The van der Waals surface area contributed by atoms with Gasteiger partial charge in [-0.2, -0.15) is 0 Å². The lowest BCUT2D eigenvalue weighted by atomic mass is 10.1. The van der Waals surface area contributed by atoms with E-state index in [2.05, 4.69) is 10.3 Å². The van der Waals surface area contributed by atoms with E-state index in [1.807, 2.05) is 0 Å². The summed E-state index contributed by atoms with van der Waals surface area (Å²) in [6, 6.07) is 3.04. The maximum atomic E-state index is 13.5. The maximum Gasteiger partial charge on any atom is 0.410 e. The first-order chi connectivity index (χ1) is 16.3. The van der Waals surface area contributed by atoms with Crippen molar-refractivity contribution >= 4 is 12.0 Å². The van der Waals surface area contributed by atoms with E-state index in [1.54, 1.807) is 40.7 Å². The summed E-state index contributed by atoms with van der Waals surface area (Å²) in [7, 11) is 1.48. The van der Waals surface area contributed by atoms with E-state index in [-0.39, 0.29) is 31.4 Å². The van der Waals surface area contributed by atoms with Crippen LogP contribution in [0.2, 0.25) is 0 Å². The Kier molecular flexibility index (Phi) is 7.49. The molecule has 190 valence electrons. The highest BCUT2D eigenvalue weighted by Crippen LogP contribution is 2.27. The Morgan fingerprint density at radius 2 is 2.03 bits per heavy atom. The molecule has 35 heavy (non-hydrogen) atoms. The van der Waals surface area contributed by atoms with Gasteiger partial charge in [0.25, 0.3) is 11.5 Å². The van der Waals surface area contributed by atoms with Crippen molar-refractivity contribution < 1.29 is 28.6 Å². The molecule has 0 fully saturated rings. The van der Waals surface area contributed by atoms with Crippen molar-refractivity contribution in [3.63, 3.8) is 0 Å². The third kappa shape index (κ3) is 5.79. The van der Waals surface area contributed by atoms with Gasteiger partial charge in [0.15, 0.2) is 5.69 Å². The molecular formula is C24H31FN4O6. The molecular weight excluding hydrogens is 459 g/mol. The van der Waals surface area contributed by atoms with Crippen LogP contribution in [0.25, 0.3) is 0 Å². The Bertz CT molecular complexity index is 1190. The molecule has 2 heterocycles. The number of fused-ring (bicyclic) bond motifs is 1. The van der Waals surface area contributed by atoms with Crippen LogP contribution in [0.1, 0.15) is 67.2 Å². The van der Waals surface area contributed by atoms with Gasteiger partial charge in [0.05, 0.1) is 19.3 Å². The minimum atomic E-state index is -0.852. The van der Waals surface area contributed by atoms with Crippen molar-refractivity contribution in [1.29, 1.82) is 0 Å². The third-order valence-electron chi connectivity index (χ3n) is 5.53. The molecule has 11 heteroatoms. The summed E-state index contributed by atoms with van der Waals surface area (Å²) in [5.41, 5.74) is -0.998. The second kappa shape index (κ2) is 10.0. The van der Waals surface area contributed by atoms with Gasteiger partial charge in [0.2, 0.25) is 5.75 Å². The minimum Gasteiger partial charge on any atom is -0.501 e. The van der Waals surface area contributed by atoms with Crippen LogP contribution >= 0.6 is 0 Å². The first kappa shape index (κ1) is 26.1. The number of nitrogens with zero attached hydrogens (tertiary/aromatic N) is 3. The van der Waals surface area contributed by atoms with E-state index < -0.39 is 46.7 Å². The van der Waals surface area contributed by atoms with Gasteiger partial charge in [-0.1, -0.05) is 12.1 Å². The number of rotatable bonds is 4. The molecule has 2 amide bonds. The zero-order valence-electron chi connectivity index (χ0n) is 20.7. The number of carbonyl (C=O) groups excluding carboxylic acids is 2. The number of hydrogen-bond acceptors (Lipinski definition) is 7. The molecule has 1 aromatic heterocycles. The van der Waals surface area contributed by atoms with Crippen LogP contribution in [-0.2, 0) is 16.0 Å². The van der Waals surface area contributed by atoms with Gasteiger partial charge >= 0.3 is 6.09 Å². The van der Waals surface area contributed by atoms with E-state index in [9.17, 15) is 23.9 Å². The van der Waals surface area contributed by atoms with Crippen molar-refractivity contribution in [3.05, 3.63) is 57.0 Å². The number of carbonyl (C=O) groups is 2. The van der Waals surface area contributed by atoms with Crippen LogP contribution in [0.3, 0.4) is 0 Å². The van der Waals surface area contributed by atoms with Gasteiger partial charge in [-0.3, -0.25) is 19.1 Å². The van der Waals surface area contributed by atoms with Crippen LogP contribution < -0.4 is 10.9 Å². The lowest BCUT2D eigenvalue weighted by Crippen LogP contribution is -2.41. The topological polar surface area (TPSA) is 123 Å². The Labute approximate surface area is 202 Å². The fourth-order valence-electron chi connectivity index (χ4n) is 3.69. The summed E-state index contributed by atoms with van der Waals surface area (Å²) in [4.78, 5) is 44.3. The molecule has 1 aliphatic heterocycles. The molecule has 1 aliphatic rings. The number of ether oxygens (including phenoxy) is 2. The van der Waals surface area contributed by atoms with Gasteiger partial charge in [-0.05, 0) is 51.8 Å². The Balaban J connectivity index is 1.97. The zero-order chi connectivity index (χ0) is 26.1. The molecule has 2 N–H and O–H groups in total. The third-order valence-corrected chi connectivity index (χ3v) is 5.53. The predicted molar refractivity (Wildman–Crippen MR) is 125 cm³/mol. The number of aromatic nitrogens is 2. The fraction of sp³-hybridized carbons (Fsp3) is 0.500. The SMILES string of the molecule is Cc1cc(CNC(=O)c2nc3n(c(=O)c2O)[C@@H](C)COC[C@@H]3N(C)C(=O)OC(C)(C)C)ccc1F. The Hall–Kier alpha value is -3.47. The van der Waals surface area contributed by atoms with Crippen LogP contribution in [0.4, 0.5) is 9.18 Å². The fourth-order valence-corrected chi connectivity index (χ4v) is 3.69. The van der Waals surface area contributed by atoms with Gasteiger partial charge in [-0.25, -0.2) is 14.2 Å². The van der Waals surface area contributed by atoms with Gasteiger partial charge in [0.1, 0.15) is 23.3 Å². The zero-order valence-corrected chi connectivity index (χ0v) is 20.7. The summed E-state index contributed by atoms with van der Waals surface area (Å²) in [5, 5.41) is 13.1. The second-order valence-electron chi connectivity index (χ2n) is 9.60. The standard InChI is InChI=1S/C24H31FN4O6/c1-13-9-15(7-8-16(13)25)10-26-21(31)18-19(30)22(32)29-14(2)11-34-12-17(20(29)27-18)28(6)23(33)35-24(3,4)5/h7-9,14,17,30H,10-12H2,1-6H3,(H,26,31)/t14-,17-/m0/s1. The molecule has 0 spiro atoms. The Morgan fingerprint density at radius 3 is 2.66 bits per heavy atom. The van der Waals surface area contributed by atoms with Gasteiger partial charge in [-0.15, -0.1) is 0 Å². The molecule has 0 unspecified atom stereocenters. The summed E-state index contributed by atoms with van der Waals surface area (Å²) in [6.45, 7) is 8.67. The molecule has 2 atom stereocenters. The molecule has 0 saturated carbocycles. The quantitative estimate of drug-likeness (QED) is 0.676.